The van der Waals surface area contributed by atoms with Crippen molar-refractivity contribution in [2.24, 2.45) is 16.6 Å². The van der Waals surface area contributed by atoms with Crippen molar-refractivity contribution in [3.63, 3.8) is 0 Å². The largest absolute Gasteiger partial charge is 0.384 e. The standard InChI is InChI=1S/C12H23N3O2/c1-9(8-16-2)11-6-14-12(13)15(11)7-10-4-3-5-17-10/h9-11H,3-8H2,1-2H3,(H2,13,14). The number of guanidine groups is 1. The molecule has 1 fully saturated rings. The van der Waals surface area contributed by atoms with Gasteiger partial charge in [-0.3, -0.25) is 4.99 Å². The van der Waals surface area contributed by atoms with Gasteiger partial charge in [0.15, 0.2) is 5.96 Å². The van der Waals surface area contributed by atoms with Crippen LogP contribution in [0.3, 0.4) is 0 Å². The molecule has 0 spiro atoms. The van der Waals surface area contributed by atoms with Gasteiger partial charge in [0, 0.05) is 26.2 Å². The summed E-state index contributed by atoms with van der Waals surface area (Å²) >= 11 is 0. The van der Waals surface area contributed by atoms with Crippen molar-refractivity contribution in [2.45, 2.75) is 31.9 Å². The molecule has 2 aliphatic heterocycles. The predicted octanol–water partition coefficient (Wildman–Crippen LogP) is 0.447. The molecule has 5 nitrogen and oxygen atoms in total. The fraction of sp³-hybridized carbons (Fsp3) is 0.917. The Bertz CT molecular complexity index is 277. The van der Waals surface area contributed by atoms with E-state index in [2.05, 4.69) is 16.8 Å². The molecule has 3 unspecified atom stereocenters. The number of rotatable bonds is 5. The Hall–Kier alpha value is -0.810. The molecular weight excluding hydrogens is 218 g/mol. The summed E-state index contributed by atoms with van der Waals surface area (Å²) in [6, 6.07) is 0.360. The second-order valence-corrected chi connectivity index (χ2v) is 4.99. The smallest absolute Gasteiger partial charge is 0.191 e. The molecule has 1 saturated heterocycles. The summed E-state index contributed by atoms with van der Waals surface area (Å²) in [6.07, 6.45) is 2.61. The summed E-state index contributed by atoms with van der Waals surface area (Å²) in [6.45, 7) is 5.46. The van der Waals surface area contributed by atoms with Gasteiger partial charge in [0.05, 0.1) is 25.3 Å². The van der Waals surface area contributed by atoms with Crippen LogP contribution in [0.1, 0.15) is 19.8 Å². The molecule has 0 aliphatic carbocycles. The molecule has 2 heterocycles. The van der Waals surface area contributed by atoms with Crippen molar-refractivity contribution in [3.05, 3.63) is 0 Å². The van der Waals surface area contributed by atoms with E-state index in [1.807, 2.05) is 0 Å². The SMILES string of the molecule is COCC(C)C1CN=C(N)N1CC1CCCO1. The summed E-state index contributed by atoms with van der Waals surface area (Å²) in [5.74, 6) is 1.10. The second kappa shape index (κ2) is 5.69. The van der Waals surface area contributed by atoms with Crippen LogP contribution in [0, 0.1) is 5.92 Å². The second-order valence-electron chi connectivity index (χ2n) is 4.99. The zero-order valence-electron chi connectivity index (χ0n) is 10.8. The highest BCUT2D eigenvalue weighted by Gasteiger charge is 2.33. The van der Waals surface area contributed by atoms with Crippen molar-refractivity contribution in [2.75, 3.05) is 33.4 Å². The van der Waals surface area contributed by atoms with Crippen LogP contribution in [0.5, 0.6) is 0 Å². The Morgan fingerprint density at radius 3 is 3.12 bits per heavy atom. The van der Waals surface area contributed by atoms with Gasteiger partial charge in [0.25, 0.3) is 0 Å². The van der Waals surface area contributed by atoms with E-state index in [4.69, 9.17) is 15.2 Å². The van der Waals surface area contributed by atoms with E-state index >= 15 is 0 Å². The molecule has 0 radical (unpaired) electrons. The minimum Gasteiger partial charge on any atom is -0.384 e. The Kier molecular flexibility index (Phi) is 4.23. The maximum atomic E-state index is 5.96. The highest BCUT2D eigenvalue weighted by atomic mass is 16.5. The van der Waals surface area contributed by atoms with E-state index < -0.39 is 0 Å². The first-order valence-electron chi connectivity index (χ1n) is 6.39. The lowest BCUT2D eigenvalue weighted by Crippen LogP contribution is -2.48. The number of nitrogens with two attached hydrogens (primary N) is 1. The molecule has 2 N–H and O–H groups in total. The lowest BCUT2D eigenvalue weighted by Gasteiger charge is -2.32. The van der Waals surface area contributed by atoms with Crippen LogP contribution in [0.4, 0.5) is 0 Å². The molecule has 0 bridgehead atoms. The lowest BCUT2D eigenvalue weighted by molar-refractivity contribution is 0.0672. The van der Waals surface area contributed by atoms with E-state index in [-0.39, 0.29) is 0 Å². The van der Waals surface area contributed by atoms with E-state index in [0.717, 1.165) is 39.1 Å². The first-order chi connectivity index (χ1) is 8.22. The number of hydrogen-bond acceptors (Lipinski definition) is 5. The van der Waals surface area contributed by atoms with Crippen molar-refractivity contribution in [3.8, 4) is 0 Å². The number of aliphatic imine (C=N–C) groups is 1. The van der Waals surface area contributed by atoms with Gasteiger partial charge < -0.3 is 20.1 Å². The molecule has 2 rings (SSSR count). The summed E-state index contributed by atoms with van der Waals surface area (Å²) in [5.41, 5.74) is 5.96. The summed E-state index contributed by atoms with van der Waals surface area (Å²) in [5, 5.41) is 0. The minimum absolute atomic E-state index is 0.319. The number of nitrogens with zero attached hydrogens (tertiary/aromatic N) is 2. The topological polar surface area (TPSA) is 60.1 Å². The molecule has 0 saturated carbocycles. The van der Waals surface area contributed by atoms with Gasteiger partial charge in [-0.2, -0.15) is 0 Å². The van der Waals surface area contributed by atoms with Crippen molar-refractivity contribution >= 4 is 5.96 Å². The molecule has 0 amide bonds. The molecular formula is C12H23N3O2. The number of ether oxygens (including phenoxy) is 2. The molecule has 0 aromatic carbocycles. The van der Waals surface area contributed by atoms with E-state index in [0.29, 0.717) is 24.0 Å². The van der Waals surface area contributed by atoms with Gasteiger partial charge in [-0.25, -0.2) is 0 Å². The Morgan fingerprint density at radius 1 is 1.65 bits per heavy atom. The van der Waals surface area contributed by atoms with Crippen molar-refractivity contribution in [1.82, 2.24) is 4.90 Å². The molecule has 2 aliphatic rings. The van der Waals surface area contributed by atoms with Crippen LogP contribution in [-0.2, 0) is 9.47 Å². The van der Waals surface area contributed by atoms with E-state index in [9.17, 15) is 0 Å². The Labute approximate surface area is 103 Å². The third-order valence-corrected chi connectivity index (χ3v) is 3.65. The quantitative estimate of drug-likeness (QED) is 0.759. The van der Waals surface area contributed by atoms with Crippen LogP contribution in [0.25, 0.3) is 0 Å². The first kappa shape index (κ1) is 12.6. The molecule has 0 aromatic rings. The average Bonchev–Trinajstić information content (AvgIpc) is 2.91. The summed E-state index contributed by atoms with van der Waals surface area (Å²) < 4.78 is 10.9. The zero-order chi connectivity index (χ0) is 12.3. The molecule has 0 aromatic heterocycles. The number of hydrogen-bond donors (Lipinski definition) is 1. The van der Waals surface area contributed by atoms with Crippen LogP contribution >= 0.6 is 0 Å². The molecule has 3 atom stereocenters. The minimum atomic E-state index is 0.319. The van der Waals surface area contributed by atoms with Crippen LogP contribution in [0.2, 0.25) is 0 Å². The van der Waals surface area contributed by atoms with Crippen molar-refractivity contribution in [1.29, 1.82) is 0 Å². The highest BCUT2D eigenvalue weighted by molar-refractivity contribution is 5.80. The fourth-order valence-corrected chi connectivity index (χ4v) is 2.64. The molecule has 17 heavy (non-hydrogen) atoms. The maximum absolute atomic E-state index is 5.96. The monoisotopic (exact) mass is 241 g/mol. The maximum Gasteiger partial charge on any atom is 0.191 e. The van der Waals surface area contributed by atoms with E-state index in [1.54, 1.807) is 7.11 Å². The van der Waals surface area contributed by atoms with Gasteiger partial charge in [0.1, 0.15) is 0 Å². The van der Waals surface area contributed by atoms with Gasteiger partial charge in [0.2, 0.25) is 0 Å². The molecule has 5 heteroatoms. The zero-order valence-corrected chi connectivity index (χ0v) is 10.8. The number of methoxy groups -OCH3 is 1. The van der Waals surface area contributed by atoms with Gasteiger partial charge in [-0.05, 0) is 12.8 Å². The summed E-state index contributed by atoms with van der Waals surface area (Å²) in [4.78, 5) is 6.55. The predicted molar refractivity (Wildman–Crippen MR) is 67.0 cm³/mol. The summed E-state index contributed by atoms with van der Waals surface area (Å²) in [7, 11) is 1.74. The average molecular weight is 241 g/mol. The Morgan fingerprint density at radius 2 is 2.47 bits per heavy atom. The molecule has 98 valence electrons. The third kappa shape index (κ3) is 2.90. The third-order valence-electron chi connectivity index (χ3n) is 3.65. The normalized spacial score (nSPS) is 30.7. The fourth-order valence-electron chi connectivity index (χ4n) is 2.64. The van der Waals surface area contributed by atoms with Crippen LogP contribution in [0.15, 0.2) is 4.99 Å². The van der Waals surface area contributed by atoms with Crippen molar-refractivity contribution < 1.29 is 9.47 Å². The first-order valence-corrected chi connectivity index (χ1v) is 6.39. The highest BCUT2D eigenvalue weighted by Crippen LogP contribution is 2.21. The Balaban J connectivity index is 1.92. The van der Waals surface area contributed by atoms with Gasteiger partial charge >= 0.3 is 0 Å². The van der Waals surface area contributed by atoms with E-state index in [1.165, 1.54) is 0 Å². The van der Waals surface area contributed by atoms with Crippen LogP contribution < -0.4 is 5.73 Å². The lowest BCUT2D eigenvalue weighted by atomic mass is 10.0. The van der Waals surface area contributed by atoms with Crippen LogP contribution in [-0.4, -0.2) is 56.4 Å². The van der Waals surface area contributed by atoms with Gasteiger partial charge in [-0.15, -0.1) is 0 Å². The van der Waals surface area contributed by atoms with Gasteiger partial charge in [-0.1, -0.05) is 6.92 Å².